The van der Waals surface area contributed by atoms with Crippen molar-refractivity contribution in [3.8, 4) is 0 Å². The molecule has 104 valence electrons. The topological polar surface area (TPSA) is 29.1 Å². The van der Waals surface area contributed by atoms with Gasteiger partial charge >= 0.3 is 0 Å². The fourth-order valence-corrected chi connectivity index (χ4v) is 2.55. The van der Waals surface area contributed by atoms with E-state index in [1.165, 1.54) is 23.8 Å². The fourth-order valence-electron chi connectivity index (χ4n) is 1.73. The van der Waals surface area contributed by atoms with Gasteiger partial charge in [-0.05, 0) is 23.8 Å². The van der Waals surface area contributed by atoms with Crippen LogP contribution in [0.3, 0.4) is 0 Å². The third-order valence-electron chi connectivity index (χ3n) is 2.73. The van der Waals surface area contributed by atoms with E-state index < -0.39 is 5.82 Å². The second-order valence-corrected chi connectivity index (χ2v) is 5.41. The van der Waals surface area contributed by atoms with Crippen molar-refractivity contribution in [3.05, 3.63) is 71.5 Å². The zero-order valence-corrected chi connectivity index (χ0v) is 11.8. The summed E-state index contributed by atoms with van der Waals surface area (Å²) < 4.78 is 13.0. The zero-order chi connectivity index (χ0) is 14.2. The van der Waals surface area contributed by atoms with E-state index in [-0.39, 0.29) is 5.91 Å². The summed E-state index contributed by atoms with van der Waals surface area (Å²) >= 11 is 1.76. The van der Waals surface area contributed by atoms with E-state index in [4.69, 9.17) is 0 Å². The molecule has 0 saturated carbocycles. The monoisotopic (exact) mass is 289 g/mol. The first-order chi connectivity index (χ1) is 9.75. The summed E-state index contributed by atoms with van der Waals surface area (Å²) in [5.74, 6) is 1.13. The molecule has 0 bridgehead atoms. The van der Waals surface area contributed by atoms with Gasteiger partial charge in [0.05, 0.1) is 0 Å². The minimum absolute atomic E-state index is 0.232. The molecule has 0 aliphatic rings. The van der Waals surface area contributed by atoms with Gasteiger partial charge in [0.25, 0.3) is 5.91 Å². The predicted octanol–water partition coefficient (Wildman–Crippen LogP) is 3.49. The van der Waals surface area contributed by atoms with Crippen molar-refractivity contribution >= 4 is 17.7 Å². The molecule has 2 nitrogen and oxygen atoms in total. The second kappa shape index (κ2) is 7.70. The summed E-state index contributed by atoms with van der Waals surface area (Å²) in [6, 6.07) is 15.9. The molecular weight excluding hydrogens is 273 g/mol. The van der Waals surface area contributed by atoms with Crippen LogP contribution in [0, 0.1) is 5.82 Å². The Morgan fingerprint density at radius 2 is 1.90 bits per heavy atom. The van der Waals surface area contributed by atoms with Gasteiger partial charge < -0.3 is 5.32 Å². The van der Waals surface area contributed by atoms with E-state index in [9.17, 15) is 9.18 Å². The maximum Gasteiger partial charge on any atom is 0.251 e. The molecule has 0 atom stereocenters. The maximum absolute atomic E-state index is 13.0. The summed E-state index contributed by atoms with van der Waals surface area (Å²) in [5.41, 5.74) is 1.63. The van der Waals surface area contributed by atoms with Crippen LogP contribution < -0.4 is 5.32 Å². The second-order valence-electron chi connectivity index (χ2n) is 4.30. The first kappa shape index (κ1) is 14.6. The van der Waals surface area contributed by atoms with Gasteiger partial charge in [0.2, 0.25) is 0 Å². The smallest absolute Gasteiger partial charge is 0.251 e. The van der Waals surface area contributed by atoms with Crippen molar-refractivity contribution in [1.82, 2.24) is 5.32 Å². The minimum Gasteiger partial charge on any atom is -0.351 e. The van der Waals surface area contributed by atoms with Gasteiger partial charge in [0.15, 0.2) is 0 Å². The van der Waals surface area contributed by atoms with Gasteiger partial charge in [-0.1, -0.05) is 36.4 Å². The van der Waals surface area contributed by atoms with Crippen LogP contribution in [-0.4, -0.2) is 18.2 Å². The van der Waals surface area contributed by atoms with Crippen molar-refractivity contribution in [2.45, 2.75) is 5.75 Å². The van der Waals surface area contributed by atoms with E-state index in [1.807, 2.05) is 18.2 Å². The van der Waals surface area contributed by atoms with Gasteiger partial charge in [0.1, 0.15) is 5.82 Å². The Labute approximate surface area is 122 Å². The minimum atomic E-state index is -0.392. The van der Waals surface area contributed by atoms with Crippen LogP contribution in [0.2, 0.25) is 0 Å². The van der Waals surface area contributed by atoms with Gasteiger partial charge in [-0.15, -0.1) is 0 Å². The van der Waals surface area contributed by atoms with Crippen LogP contribution in [0.25, 0.3) is 0 Å². The number of hydrogen-bond donors (Lipinski definition) is 1. The lowest BCUT2D eigenvalue weighted by Crippen LogP contribution is -2.25. The van der Waals surface area contributed by atoms with E-state index in [0.29, 0.717) is 12.1 Å². The fraction of sp³-hybridized carbons (Fsp3) is 0.188. The zero-order valence-electron chi connectivity index (χ0n) is 11.0. The number of amides is 1. The molecule has 0 saturated heterocycles. The molecule has 1 N–H and O–H groups in total. The third kappa shape index (κ3) is 4.70. The number of hydrogen-bond acceptors (Lipinski definition) is 2. The number of halogens is 1. The standard InChI is InChI=1S/C16H16FNOS/c17-15-8-4-7-14(11-15)16(19)18-9-10-20-12-13-5-2-1-3-6-13/h1-8,11H,9-10,12H2,(H,18,19). The van der Waals surface area contributed by atoms with Crippen LogP contribution in [0.4, 0.5) is 4.39 Å². The summed E-state index contributed by atoms with van der Waals surface area (Å²) in [5, 5.41) is 2.79. The van der Waals surface area contributed by atoms with Crippen LogP contribution in [0.15, 0.2) is 54.6 Å². The van der Waals surface area contributed by atoms with Crippen molar-refractivity contribution < 1.29 is 9.18 Å². The molecule has 2 aromatic rings. The number of benzene rings is 2. The lowest BCUT2D eigenvalue weighted by molar-refractivity contribution is 0.0955. The number of carbonyl (C=O) groups excluding carboxylic acids is 1. The molecular formula is C16H16FNOS. The van der Waals surface area contributed by atoms with Crippen molar-refractivity contribution in [2.24, 2.45) is 0 Å². The van der Waals surface area contributed by atoms with E-state index in [2.05, 4.69) is 17.4 Å². The molecule has 4 heteroatoms. The molecule has 0 heterocycles. The Morgan fingerprint density at radius 1 is 1.10 bits per heavy atom. The highest BCUT2D eigenvalue weighted by atomic mass is 32.2. The summed E-state index contributed by atoms with van der Waals surface area (Å²) in [6.07, 6.45) is 0. The van der Waals surface area contributed by atoms with E-state index in [0.717, 1.165) is 11.5 Å². The molecule has 2 aromatic carbocycles. The van der Waals surface area contributed by atoms with E-state index >= 15 is 0 Å². The first-order valence-corrected chi connectivity index (χ1v) is 7.56. The van der Waals surface area contributed by atoms with Crippen molar-refractivity contribution in [1.29, 1.82) is 0 Å². The molecule has 20 heavy (non-hydrogen) atoms. The number of rotatable bonds is 6. The molecule has 0 aliphatic heterocycles. The molecule has 2 rings (SSSR count). The van der Waals surface area contributed by atoms with Crippen LogP contribution in [-0.2, 0) is 5.75 Å². The average molecular weight is 289 g/mol. The third-order valence-corrected chi connectivity index (χ3v) is 3.76. The van der Waals surface area contributed by atoms with Gasteiger partial charge in [-0.3, -0.25) is 4.79 Å². The summed E-state index contributed by atoms with van der Waals surface area (Å²) in [6.45, 7) is 0.576. The van der Waals surface area contributed by atoms with Gasteiger partial charge in [0, 0.05) is 23.6 Å². The van der Waals surface area contributed by atoms with Gasteiger partial charge in [-0.25, -0.2) is 4.39 Å². The Hall–Kier alpha value is -1.81. The maximum atomic E-state index is 13.0. The van der Waals surface area contributed by atoms with Crippen molar-refractivity contribution in [2.75, 3.05) is 12.3 Å². The highest BCUT2D eigenvalue weighted by Crippen LogP contribution is 2.10. The molecule has 0 radical (unpaired) electrons. The number of thioether (sulfide) groups is 1. The largest absolute Gasteiger partial charge is 0.351 e. The average Bonchev–Trinajstić information content (AvgIpc) is 2.48. The molecule has 0 aromatic heterocycles. The lowest BCUT2D eigenvalue weighted by Gasteiger charge is -2.05. The molecule has 0 unspecified atom stereocenters. The number of carbonyl (C=O) groups is 1. The number of nitrogens with one attached hydrogen (secondary N) is 1. The Balaban J connectivity index is 1.67. The molecule has 0 spiro atoms. The van der Waals surface area contributed by atoms with Crippen LogP contribution in [0.1, 0.15) is 15.9 Å². The highest BCUT2D eigenvalue weighted by Gasteiger charge is 2.05. The van der Waals surface area contributed by atoms with Gasteiger partial charge in [-0.2, -0.15) is 11.8 Å². The highest BCUT2D eigenvalue weighted by molar-refractivity contribution is 7.98. The lowest BCUT2D eigenvalue weighted by atomic mass is 10.2. The molecule has 0 aliphatic carbocycles. The van der Waals surface area contributed by atoms with Crippen LogP contribution in [0.5, 0.6) is 0 Å². The normalized spacial score (nSPS) is 10.2. The van der Waals surface area contributed by atoms with Crippen LogP contribution >= 0.6 is 11.8 Å². The summed E-state index contributed by atoms with van der Waals surface area (Å²) in [7, 11) is 0. The Morgan fingerprint density at radius 3 is 2.65 bits per heavy atom. The van der Waals surface area contributed by atoms with Crippen molar-refractivity contribution in [3.63, 3.8) is 0 Å². The van der Waals surface area contributed by atoms with E-state index in [1.54, 1.807) is 17.8 Å². The molecule has 1 amide bonds. The first-order valence-electron chi connectivity index (χ1n) is 6.41. The Kier molecular flexibility index (Phi) is 5.62. The SMILES string of the molecule is O=C(NCCSCc1ccccc1)c1cccc(F)c1. The molecule has 0 fully saturated rings. The Bertz CT molecular complexity index is 559. The predicted molar refractivity (Wildman–Crippen MR) is 81.3 cm³/mol. The summed E-state index contributed by atoms with van der Waals surface area (Å²) in [4.78, 5) is 11.7. The quantitative estimate of drug-likeness (QED) is 0.825.